The molecular weight excluding hydrogens is 440 g/mol. The van der Waals surface area contributed by atoms with Crippen LogP contribution in [0.15, 0.2) is 104 Å². The van der Waals surface area contributed by atoms with Crippen molar-refractivity contribution in [2.75, 3.05) is 0 Å². The lowest BCUT2D eigenvalue weighted by molar-refractivity contribution is 0.845. The fraction of sp³-hybridized carbons (Fsp3) is 0.167. The van der Waals surface area contributed by atoms with Crippen molar-refractivity contribution in [1.82, 2.24) is 0 Å². The standard InChI is InChI=1S/C30H27OS2/c1-19(2)24-17-18-27-28(29(31)25-7-5-6-8-26(25)32-27)30(24)33(22-13-9-20(3)10-14-22)23-15-11-21(4)12-16-23/h5-19H,1-4H3/q+1. The van der Waals surface area contributed by atoms with Crippen molar-refractivity contribution < 1.29 is 0 Å². The van der Waals surface area contributed by atoms with E-state index in [0.717, 1.165) is 20.2 Å². The van der Waals surface area contributed by atoms with Gasteiger partial charge in [-0.2, -0.15) is 0 Å². The summed E-state index contributed by atoms with van der Waals surface area (Å²) >= 11 is 1.72. The fourth-order valence-corrected chi connectivity index (χ4v) is 7.93. The molecule has 3 heteroatoms. The van der Waals surface area contributed by atoms with Gasteiger partial charge in [0.05, 0.1) is 5.39 Å². The van der Waals surface area contributed by atoms with Crippen LogP contribution in [0.3, 0.4) is 0 Å². The van der Waals surface area contributed by atoms with Crippen LogP contribution >= 0.6 is 11.3 Å². The Morgan fingerprint density at radius 1 is 0.697 bits per heavy atom. The molecule has 0 aliphatic rings. The normalized spacial score (nSPS) is 11.7. The second-order valence-corrected chi connectivity index (χ2v) is 11.9. The smallest absolute Gasteiger partial charge is 0.200 e. The van der Waals surface area contributed by atoms with Crippen LogP contribution in [-0.4, -0.2) is 0 Å². The Labute approximate surface area is 202 Å². The summed E-state index contributed by atoms with van der Waals surface area (Å²) in [6, 6.07) is 30.0. The van der Waals surface area contributed by atoms with E-state index in [4.69, 9.17) is 0 Å². The van der Waals surface area contributed by atoms with Gasteiger partial charge in [-0.05, 0) is 62.2 Å². The molecule has 33 heavy (non-hydrogen) atoms. The lowest BCUT2D eigenvalue weighted by atomic mass is 10.0. The molecule has 1 heterocycles. The van der Waals surface area contributed by atoms with Crippen LogP contribution in [0.25, 0.3) is 20.2 Å². The molecule has 5 aromatic rings. The highest BCUT2D eigenvalue weighted by molar-refractivity contribution is 7.97. The van der Waals surface area contributed by atoms with Crippen LogP contribution in [-0.2, 0) is 10.9 Å². The van der Waals surface area contributed by atoms with Crippen LogP contribution in [0.1, 0.15) is 36.5 Å². The van der Waals surface area contributed by atoms with Crippen molar-refractivity contribution in [2.24, 2.45) is 0 Å². The fourth-order valence-electron chi connectivity index (χ4n) is 4.27. The van der Waals surface area contributed by atoms with Crippen molar-refractivity contribution >= 4 is 42.4 Å². The molecule has 0 aliphatic carbocycles. The van der Waals surface area contributed by atoms with Crippen molar-refractivity contribution in [3.8, 4) is 0 Å². The van der Waals surface area contributed by atoms with E-state index in [2.05, 4.69) is 94.4 Å². The number of benzene rings is 4. The molecule has 0 aliphatic heterocycles. The maximum absolute atomic E-state index is 14.0. The molecule has 0 unspecified atom stereocenters. The number of aryl methyl sites for hydroxylation is 2. The minimum absolute atomic E-state index is 0.147. The molecule has 0 N–H and O–H groups in total. The Morgan fingerprint density at radius 2 is 1.27 bits per heavy atom. The number of fused-ring (bicyclic) bond motifs is 2. The van der Waals surface area contributed by atoms with Crippen LogP contribution in [0.4, 0.5) is 0 Å². The van der Waals surface area contributed by atoms with Gasteiger partial charge in [0.25, 0.3) is 0 Å². The van der Waals surface area contributed by atoms with Gasteiger partial charge in [0.1, 0.15) is 10.9 Å². The van der Waals surface area contributed by atoms with Gasteiger partial charge in [-0.3, -0.25) is 4.79 Å². The van der Waals surface area contributed by atoms with Gasteiger partial charge >= 0.3 is 0 Å². The SMILES string of the molecule is Cc1ccc([S+](c2ccc(C)cc2)c2c(C(C)C)ccc3sc4ccccc4c(=O)c23)cc1. The molecule has 0 spiro atoms. The van der Waals surface area contributed by atoms with Gasteiger partial charge in [-0.15, -0.1) is 11.3 Å². The molecule has 0 bridgehead atoms. The second kappa shape index (κ2) is 8.81. The number of hydrogen-bond acceptors (Lipinski definition) is 2. The lowest BCUT2D eigenvalue weighted by Crippen LogP contribution is -2.14. The summed E-state index contributed by atoms with van der Waals surface area (Å²) in [6.45, 7) is 8.69. The van der Waals surface area contributed by atoms with Gasteiger partial charge < -0.3 is 0 Å². The predicted molar refractivity (Wildman–Crippen MR) is 144 cm³/mol. The first-order valence-electron chi connectivity index (χ1n) is 11.3. The van der Waals surface area contributed by atoms with Gasteiger partial charge in [-0.25, -0.2) is 0 Å². The maximum Gasteiger partial charge on any atom is 0.200 e. The van der Waals surface area contributed by atoms with Crippen molar-refractivity contribution in [3.05, 3.63) is 112 Å². The Hall–Kier alpha value is -2.88. The van der Waals surface area contributed by atoms with Gasteiger partial charge in [0, 0.05) is 20.3 Å². The summed E-state index contributed by atoms with van der Waals surface area (Å²) in [5, 5.41) is 1.70. The van der Waals surface area contributed by atoms with Crippen molar-refractivity contribution in [1.29, 1.82) is 0 Å². The first-order valence-corrected chi connectivity index (χ1v) is 13.3. The summed E-state index contributed by atoms with van der Waals surface area (Å²) in [4.78, 5) is 17.6. The zero-order chi connectivity index (χ0) is 23.1. The van der Waals surface area contributed by atoms with E-state index in [1.54, 1.807) is 11.3 Å². The van der Waals surface area contributed by atoms with Gasteiger partial charge in [0.2, 0.25) is 5.43 Å². The summed E-state index contributed by atoms with van der Waals surface area (Å²) in [6.07, 6.45) is 0. The highest BCUT2D eigenvalue weighted by Crippen LogP contribution is 2.41. The van der Waals surface area contributed by atoms with E-state index in [-0.39, 0.29) is 16.3 Å². The molecule has 5 rings (SSSR count). The first kappa shape index (κ1) is 21.9. The summed E-state index contributed by atoms with van der Waals surface area (Å²) in [7, 11) is -0.384. The first-order chi connectivity index (χ1) is 15.9. The highest BCUT2D eigenvalue weighted by atomic mass is 32.2. The molecule has 1 nitrogen and oxygen atoms in total. The third kappa shape index (κ3) is 4.01. The average Bonchev–Trinajstić information content (AvgIpc) is 2.81. The predicted octanol–water partition coefficient (Wildman–Crippen LogP) is 8.25. The Balaban J connectivity index is 1.93. The molecule has 0 radical (unpaired) electrons. The molecule has 0 atom stereocenters. The minimum atomic E-state index is -0.384. The average molecular weight is 468 g/mol. The maximum atomic E-state index is 14.0. The van der Waals surface area contributed by atoms with E-state index >= 15 is 0 Å². The van der Waals surface area contributed by atoms with Gasteiger partial charge in [0.15, 0.2) is 14.7 Å². The molecular formula is C30H27OS2+. The molecule has 0 fully saturated rings. The Morgan fingerprint density at radius 3 is 1.85 bits per heavy atom. The number of hydrogen-bond donors (Lipinski definition) is 0. The van der Waals surface area contributed by atoms with Crippen LogP contribution < -0.4 is 5.43 Å². The van der Waals surface area contributed by atoms with E-state index in [0.29, 0.717) is 5.92 Å². The van der Waals surface area contributed by atoms with Crippen LogP contribution in [0.2, 0.25) is 0 Å². The zero-order valence-corrected chi connectivity index (χ0v) is 21.0. The highest BCUT2D eigenvalue weighted by Gasteiger charge is 2.35. The minimum Gasteiger partial charge on any atom is -0.288 e. The number of rotatable bonds is 4. The van der Waals surface area contributed by atoms with Crippen molar-refractivity contribution in [3.63, 3.8) is 0 Å². The summed E-state index contributed by atoms with van der Waals surface area (Å²) in [5.74, 6) is 0.311. The van der Waals surface area contributed by atoms with E-state index in [1.807, 2.05) is 18.2 Å². The van der Waals surface area contributed by atoms with E-state index in [9.17, 15) is 4.79 Å². The molecule has 1 aromatic heterocycles. The largest absolute Gasteiger partial charge is 0.288 e. The Kier molecular flexibility index (Phi) is 5.86. The third-order valence-corrected chi connectivity index (χ3v) is 9.54. The third-order valence-electron chi connectivity index (χ3n) is 6.07. The van der Waals surface area contributed by atoms with E-state index in [1.165, 1.54) is 31.4 Å². The topological polar surface area (TPSA) is 17.1 Å². The quantitative estimate of drug-likeness (QED) is 0.192. The molecule has 0 saturated carbocycles. The zero-order valence-electron chi connectivity index (χ0n) is 19.4. The monoisotopic (exact) mass is 467 g/mol. The van der Waals surface area contributed by atoms with Crippen LogP contribution in [0, 0.1) is 13.8 Å². The van der Waals surface area contributed by atoms with Gasteiger partial charge in [-0.1, -0.05) is 67.4 Å². The van der Waals surface area contributed by atoms with Crippen molar-refractivity contribution in [2.45, 2.75) is 48.3 Å². The molecule has 0 amide bonds. The molecule has 164 valence electrons. The second-order valence-electron chi connectivity index (χ2n) is 8.87. The van der Waals surface area contributed by atoms with Crippen LogP contribution in [0.5, 0.6) is 0 Å². The summed E-state index contributed by atoms with van der Waals surface area (Å²) < 4.78 is 2.11. The van der Waals surface area contributed by atoms with E-state index < -0.39 is 0 Å². The summed E-state index contributed by atoms with van der Waals surface area (Å²) in [5.41, 5.74) is 3.89. The lowest BCUT2D eigenvalue weighted by Gasteiger charge is -2.17. The molecule has 0 saturated heterocycles. The molecule has 4 aromatic carbocycles. The Bertz CT molecular complexity index is 1460.